The van der Waals surface area contributed by atoms with Gasteiger partial charge in [-0.05, 0) is 23.6 Å². The summed E-state index contributed by atoms with van der Waals surface area (Å²) in [6.45, 7) is 3.62. The number of hydrogen-bond donors (Lipinski definition) is 1. The van der Waals surface area contributed by atoms with Crippen LogP contribution in [0.1, 0.15) is 32.3 Å². The largest absolute Gasteiger partial charge is 0.384 e. The second-order valence-corrected chi connectivity index (χ2v) is 5.65. The molecular weight excluding hydrogens is 254 g/mol. The fourth-order valence-electron chi connectivity index (χ4n) is 2.33. The maximum absolute atomic E-state index is 12.2. The van der Waals surface area contributed by atoms with E-state index in [1.54, 1.807) is 24.3 Å². The minimum atomic E-state index is -0.279. The molecule has 1 saturated heterocycles. The van der Waals surface area contributed by atoms with E-state index >= 15 is 0 Å². The molecule has 1 fully saturated rings. The molecule has 0 aromatic heterocycles. The van der Waals surface area contributed by atoms with Gasteiger partial charge in [0.1, 0.15) is 6.61 Å². The highest BCUT2D eigenvalue weighted by molar-refractivity contribution is 6.16. The first kappa shape index (κ1) is 14.3. The second kappa shape index (κ2) is 5.48. The Morgan fingerprint density at radius 2 is 1.90 bits per heavy atom. The predicted octanol–water partition coefficient (Wildman–Crippen LogP) is 1.71. The standard InChI is InChI=1S/C16H17NO3/c1-16(2)10-14(19)17(15(20)11-16)13-7-3-5-12(9-13)6-4-8-18/h3,5,7,9,18H,8,10-11H2,1-2H3. The lowest BCUT2D eigenvalue weighted by atomic mass is 9.81. The summed E-state index contributed by atoms with van der Waals surface area (Å²) in [5.74, 6) is 4.95. The van der Waals surface area contributed by atoms with Gasteiger partial charge in [0.2, 0.25) is 11.8 Å². The molecule has 0 aliphatic carbocycles. The number of aliphatic hydroxyl groups is 1. The Hall–Kier alpha value is -2.12. The highest BCUT2D eigenvalue weighted by Gasteiger charge is 2.38. The van der Waals surface area contributed by atoms with Gasteiger partial charge in [-0.15, -0.1) is 0 Å². The van der Waals surface area contributed by atoms with Crippen molar-refractivity contribution in [2.75, 3.05) is 11.5 Å². The van der Waals surface area contributed by atoms with Crippen LogP contribution in [0.2, 0.25) is 0 Å². The van der Waals surface area contributed by atoms with E-state index in [9.17, 15) is 9.59 Å². The Kier molecular flexibility index (Phi) is 3.91. The number of benzene rings is 1. The topological polar surface area (TPSA) is 57.6 Å². The van der Waals surface area contributed by atoms with E-state index in [1.165, 1.54) is 4.90 Å². The van der Waals surface area contributed by atoms with Gasteiger partial charge in [0.05, 0.1) is 5.69 Å². The molecule has 4 nitrogen and oxygen atoms in total. The summed E-state index contributed by atoms with van der Waals surface area (Å²) < 4.78 is 0. The van der Waals surface area contributed by atoms with E-state index in [0.29, 0.717) is 24.1 Å². The van der Waals surface area contributed by atoms with Crippen LogP contribution < -0.4 is 4.90 Å². The maximum atomic E-state index is 12.2. The quantitative estimate of drug-likeness (QED) is 0.625. The summed E-state index contributed by atoms with van der Waals surface area (Å²) in [4.78, 5) is 25.6. The van der Waals surface area contributed by atoms with E-state index < -0.39 is 0 Å². The number of aliphatic hydroxyl groups excluding tert-OH is 1. The average Bonchev–Trinajstić information content (AvgIpc) is 2.34. The van der Waals surface area contributed by atoms with Crippen molar-refractivity contribution < 1.29 is 14.7 Å². The van der Waals surface area contributed by atoms with Gasteiger partial charge >= 0.3 is 0 Å². The van der Waals surface area contributed by atoms with Gasteiger partial charge in [-0.3, -0.25) is 14.5 Å². The van der Waals surface area contributed by atoms with Crippen molar-refractivity contribution >= 4 is 17.5 Å². The number of anilines is 1. The van der Waals surface area contributed by atoms with E-state index in [0.717, 1.165) is 0 Å². The maximum Gasteiger partial charge on any atom is 0.234 e. The molecule has 1 aliphatic heterocycles. The molecule has 1 N–H and O–H groups in total. The Morgan fingerprint density at radius 1 is 1.25 bits per heavy atom. The molecule has 0 radical (unpaired) electrons. The van der Waals surface area contributed by atoms with Crippen molar-refractivity contribution in [3.8, 4) is 11.8 Å². The number of hydrogen-bond acceptors (Lipinski definition) is 3. The van der Waals surface area contributed by atoms with Gasteiger partial charge in [0.25, 0.3) is 0 Å². The summed E-state index contributed by atoms with van der Waals surface area (Å²) in [7, 11) is 0. The molecule has 1 aromatic rings. The molecule has 0 bridgehead atoms. The van der Waals surface area contributed by atoms with E-state index in [1.807, 2.05) is 13.8 Å². The fourth-order valence-corrected chi connectivity index (χ4v) is 2.33. The zero-order valence-electron chi connectivity index (χ0n) is 11.6. The number of imide groups is 1. The number of carbonyl (C=O) groups is 2. The summed E-state index contributed by atoms with van der Waals surface area (Å²) in [6, 6.07) is 6.93. The molecule has 0 unspecified atom stereocenters. The first-order valence-electron chi connectivity index (χ1n) is 6.48. The SMILES string of the molecule is CC1(C)CC(=O)N(c2cccc(C#CCO)c2)C(=O)C1. The molecule has 0 atom stereocenters. The molecule has 1 heterocycles. The molecule has 0 spiro atoms. The minimum Gasteiger partial charge on any atom is -0.384 e. The van der Waals surface area contributed by atoms with Crippen molar-refractivity contribution in [2.45, 2.75) is 26.7 Å². The van der Waals surface area contributed by atoms with Gasteiger partial charge < -0.3 is 5.11 Å². The molecule has 2 rings (SSSR count). The molecule has 1 aromatic carbocycles. The van der Waals surface area contributed by atoms with Crippen LogP contribution >= 0.6 is 0 Å². The predicted molar refractivity (Wildman–Crippen MR) is 75.9 cm³/mol. The molecule has 20 heavy (non-hydrogen) atoms. The van der Waals surface area contributed by atoms with Crippen molar-refractivity contribution in [2.24, 2.45) is 5.41 Å². The van der Waals surface area contributed by atoms with Crippen LogP contribution in [0, 0.1) is 17.3 Å². The smallest absolute Gasteiger partial charge is 0.234 e. The van der Waals surface area contributed by atoms with Gasteiger partial charge in [0.15, 0.2) is 0 Å². The first-order chi connectivity index (χ1) is 9.43. The first-order valence-corrected chi connectivity index (χ1v) is 6.48. The second-order valence-electron chi connectivity index (χ2n) is 5.65. The molecule has 0 saturated carbocycles. The van der Waals surface area contributed by atoms with E-state index in [-0.39, 0.29) is 23.8 Å². The van der Waals surface area contributed by atoms with Gasteiger partial charge in [0, 0.05) is 18.4 Å². The number of carbonyl (C=O) groups excluding carboxylic acids is 2. The van der Waals surface area contributed by atoms with E-state index in [4.69, 9.17) is 5.11 Å². The van der Waals surface area contributed by atoms with Crippen LogP contribution in [-0.2, 0) is 9.59 Å². The van der Waals surface area contributed by atoms with Crippen LogP contribution in [0.25, 0.3) is 0 Å². The third kappa shape index (κ3) is 3.06. The van der Waals surface area contributed by atoms with Crippen molar-refractivity contribution in [1.82, 2.24) is 0 Å². The van der Waals surface area contributed by atoms with Crippen molar-refractivity contribution in [3.05, 3.63) is 29.8 Å². The highest BCUT2D eigenvalue weighted by atomic mass is 16.2. The summed E-state index contributed by atoms with van der Waals surface area (Å²) in [5.41, 5.74) is 0.932. The van der Waals surface area contributed by atoms with Crippen LogP contribution in [0.15, 0.2) is 24.3 Å². The zero-order valence-corrected chi connectivity index (χ0v) is 11.6. The Labute approximate surface area is 118 Å². The lowest BCUT2D eigenvalue weighted by molar-refractivity contribution is -0.132. The monoisotopic (exact) mass is 271 g/mol. The van der Waals surface area contributed by atoms with Crippen molar-refractivity contribution in [1.29, 1.82) is 0 Å². The fraction of sp³-hybridized carbons (Fsp3) is 0.375. The van der Waals surface area contributed by atoms with Gasteiger partial charge in [-0.2, -0.15) is 0 Å². The van der Waals surface area contributed by atoms with Gasteiger partial charge in [-0.25, -0.2) is 0 Å². The van der Waals surface area contributed by atoms with E-state index in [2.05, 4.69) is 11.8 Å². The molecular formula is C16H17NO3. The normalized spacial score (nSPS) is 17.6. The van der Waals surface area contributed by atoms with Crippen molar-refractivity contribution in [3.63, 3.8) is 0 Å². The van der Waals surface area contributed by atoms with Gasteiger partial charge in [-0.1, -0.05) is 31.8 Å². The average molecular weight is 271 g/mol. The lowest BCUT2D eigenvalue weighted by Crippen LogP contribution is -2.46. The Balaban J connectivity index is 2.32. The zero-order chi connectivity index (χ0) is 14.8. The number of amides is 2. The highest BCUT2D eigenvalue weighted by Crippen LogP contribution is 2.34. The van der Waals surface area contributed by atoms with Crippen LogP contribution in [0.3, 0.4) is 0 Å². The Bertz CT molecular complexity index is 588. The summed E-state index contributed by atoms with van der Waals surface area (Å²) in [5, 5.41) is 8.70. The van der Waals surface area contributed by atoms with Crippen LogP contribution in [0.4, 0.5) is 5.69 Å². The van der Waals surface area contributed by atoms with Crippen LogP contribution in [-0.4, -0.2) is 23.5 Å². The third-order valence-corrected chi connectivity index (χ3v) is 3.17. The third-order valence-electron chi connectivity index (χ3n) is 3.17. The summed E-state index contributed by atoms with van der Waals surface area (Å²) >= 11 is 0. The number of rotatable bonds is 1. The Morgan fingerprint density at radius 3 is 2.50 bits per heavy atom. The molecule has 104 valence electrons. The summed E-state index contributed by atoms with van der Waals surface area (Å²) in [6.07, 6.45) is 0.705. The minimum absolute atomic E-state index is 0.182. The van der Waals surface area contributed by atoms with Crippen LogP contribution in [0.5, 0.6) is 0 Å². The molecule has 1 aliphatic rings. The number of nitrogens with zero attached hydrogens (tertiary/aromatic N) is 1. The lowest BCUT2D eigenvalue weighted by Gasteiger charge is -2.34. The molecule has 2 amide bonds. The molecule has 4 heteroatoms. The number of piperidine rings is 1.